The van der Waals surface area contributed by atoms with E-state index in [1.807, 2.05) is 85.8 Å². The van der Waals surface area contributed by atoms with Crippen LogP contribution in [0.2, 0.25) is 0 Å². The molecule has 0 saturated carbocycles. The van der Waals surface area contributed by atoms with Gasteiger partial charge in [-0.1, -0.05) is 78.9 Å². The highest BCUT2D eigenvalue weighted by molar-refractivity contribution is 6.12. The van der Waals surface area contributed by atoms with Crippen molar-refractivity contribution in [2.45, 2.75) is 25.8 Å². The number of nitrogens with one attached hydrogen (secondary N) is 1. The third-order valence-corrected chi connectivity index (χ3v) is 6.82. The Labute approximate surface area is 252 Å². The third-order valence-electron chi connectivity index (χ3n) is 6.82. The maximum absolute atomic E-state index is 13.2. The highest BCUT2D eigenvalue weighted by Crippen LogP contribution is 2.22. The molecule has 1 N–H and O–H groups in total. The zero-order valence-corrected chi connectivity index (χ0v) is 24.4. The average molecular weight is 577 g/mol. The maximum Gasteiger partial charge on any atom is 0.328 e. The molecule has 0 aliphatic rings. The van der Waals surface area contributed by atoms with E-state index in [0.29, 0.717) is 48.6 Å². The summed E-state index contributed by atoms with van der Waals surface area (Å²) >= 11 is 0. The van der Waals surface area contributed by atoms with Crippen LogP contribution >= 0.6 is 0 Å². The van der Waals surface area contributed by atoms with Crippen LogP contribution < -0.4 is 15.0 Å². The van der Waals surface area contributed by atoms with Gasteiger partial charge in [0.05, 0.1) is 13.7 Å². The molecule has 0 radical (unpaired) electrons. The van der Waals surface area contributed by atoms with Crippen LogP contribution in [0.1, 0.15) is 34.8 Å². The van der Waals surface area contributed by atoms with Gasteiger partial charge in [-0.15, -0.1) is 0 Å². The number of ether oxygens (including phenoxy) is 2. The molecule has 0 aliphatic heterocycles. The van der Waals surface area contributed by atoms with Crippen LogP contribution in [0.3, 0.4) is 0 Å². The highest BCUT2D eigenvalue weighted by atomic mass is 16.5. The number of allylic oxidation sites excluding steroid dienone is 1. The summed E-state index contributed by atoms with van der Waals surface area (Å²) in [5.74, 6) is 0.0553. The Morgan fingerprint density at radius 2 is 1.49 bits per heavy atom. The van der Waals surface area contributed by atoms with Gasteiger partial charge in [0.15, 0.2) is 5.78 Å². The second-order valence-electron chi connectivity index (χ2n) is 9.84. The Balaban J connectivity index is 1.37. The number of nitrogens with zero attached hydrogens (tertiary/aromatic N) is 1. The zero-order chi connectivity index (χ0) is 30.4. The topological polar surface area (TPSA) is 84.9 Å². The monoisotopic (exact) mass is 576 g/mol. The second-order valence-corrected chi connectivity index (χ2v) is 9.84. The molecule has 1 atom stereocenters. The first-order valence-corrected chi connectivity index (χ1v) is 14.2. The number of rotatable bonds is 14. The van der Waals surface area contributed by atoms with Crippen LogP contribution in [0, 0.1) is 0 Å². The summed E-state index contributed by atoms with van der Waals surface area (Å²) in [5.41, 5.74) is 3.35. The molecule has 4 aromatic carbocycles. The molecule has 0 bridgehead atoms. The molecule has 0 heterocycles. The van der Waals surface area contributed by atoms with Gasteiger partial charge < -0.3 is 19.7 Å². The van der Waals surface area contributed by atoms with E-state index >= 15 is 0 Å². The van der Waals surface area contributed by atoms with Crippen LogP contribution in [-0.4, -0.2) is 44.0 Å². The van der Waals surface area contributed by atoms with Gasteiger partial charge in [0.1, 0.15) is 11.8 Å². The van der Waals surface area contributed by atoms with Gasteiger partial charge in [0.25, 0.3) is 5.91 Å². The molecule has 0 aliphatic carbocycles. The average Bonchev–Trinajstić information content (AvgIpc) is 3.05. The van der Waals surface area contributed by atoms with Crippen molar-refractivity contribution in [3.8, 4) is 5.75 Å². The maximum atomic E-state index is 13.2. The fraction of sp³-hybridized carbons (Fsp3) is 0.194. The highest BCUT2D eigenvalue weighted by Gasteiger charge is 2.22. The number of hydrogen-bond donors (Lipinski definition) is 1. The number of hydrogen-bond acceptors (Lipinski definition) is 6. The lowest BCUT2D eigenvalue weighted by Crippen LogP contribution is -2.33. The molecule has 4 aromatic rings. The number of esters is 1. The molecule has 0 spiro atoms. The van der Waals surface area contributed by atoms with Crippen LogP contribution in [0.4, 0.5) is 11.4 Å². The van der Waals surface area contributed by atoms with Crippen molar-refractivity contribution in [1.82, 2.24) is 0 Å². The van der Waals surface area contributed by atoms with E-state index in [0.717, 1.165) is 11.3 Å². The SMILES string of the molecule is CC=CC(=O)N(CCCOc1ccc(C[C@H](Nc2ccccc2C(=O)c2ccccc2)C(=O)OC)cc1)c1ccccc1. The lowest BCUT2D eigenvalue weighted by atomic mass is 10.00. The number of ketones is 1. The summed E-state index contributed by atoms with van der Waals surface area (Å²) in [7, 11) is 1.35. The van der Waals surface area contributed by atoms with E-state index in [-0.39, 0.29) is 11.7 Å². The molecular weight excluding hydrogens is 540 g/mol. The molecule has 0 aromatic heterocycles. The largest absolute Gasteiger partial charge is 0.494 e. The molecule has 0 saturated heterocycles. The van der Waals surface area contributed by atoms with Gasteiger partial charge in [0.2, 0.25) is 0 Å². The number of methoxy groups -OCH3 is 1. The number of para-hydroxylation sites is 2. The van der Waals surface area contributed by atoms with E-state index in [1.165, 1.54) is 7.11 Å². The Kier molecular flexibility index (Phi) is 11.3. The van der Waals surface area contributed by atoms with Crippen molar-refractivity contribution in [3.63, 3.8) is 0 Å². The lowest BCUT2D eigenvalue weighted by molar-refractivity contribution is -0.141. The van der Waals surface area contributed by atoms with E-state index in [4.69, 9.17) is 9.47 Å². The number of benzene rings is 4. The molecule has 7 heteroatoms. The van der Waals surface area contributed by atoms with Gasteiger partial charge in [-0.2, -0.15) is 0 Å². The first kappa shape index (κ1) is 30.8. The Bertz CT molecular complexity index is 1520. The second kappa shape index (κ2) is 15.7. The first-order valence-electron chi connectivity index (χ1n) is 14.2. The number of amides is 1. The fourth-order valence-corrected chi connectivity index (χ4v) is 4.65. The van der Waals surface area contributed by atoms with Crippen molar-refractivity contribution in [2.24, 2.45) is 0 Å². The molecule has 220 valence electrons. The van der Waals surface area contributed by atoms with Gasteiger partial charge in [-0.25, -0.2) is 4.79 Å². The Morgan fingerprint density at radius 3 is 2.16 bits per heavy atom. The minimum atomic E-state index is -0.708. The van der Waals surface area contributed by atoms with Crippen molar-refractivity contribution in [3.05, 3.63) is 138 Å². The Hall–Kier alpha value is -5.17. The zero-order valence-electron chi connectivity index (χ0n) is 24.4. The van der Waals surface area contributed by atoms with E-state index in [9.17, 15) is 14.4 Å². The smallest absolute Gasteiger partial charge is 0.328 e. The number of carbonyl (C=O) groups is 3. The summed E-state index contributed by atoms with van der Waals surface area (Å²) in [6, 6.07) is 32.6. The van der Waals surface area contributed by atoms with Crippen molar-refractivity contribution < 1.29 is 23.9 Å². The van der Waals surface area contributed by atoms with Crippen LogP contribution in [0.15, 0.2) is 121 Å². The molecule has 1 amide bonds. The number of carbonyl (C=O) groups excluding carboxylic acids is 3. The number of anilines is 2. The van der Waals surface area contributed by atoms with E-state index in [1.54, 1.807) is 47.4 Å². The van der Waals surface area contributed by atoms with Crippen LogP contribution in [0.25, 0.3) is 0 Å². The molecular formula is C36H36N2O5. The van der Waals surface area contributed by atoms with Gasteiger partial charge in [-0.3, -0.25) is 9.59 Å². The summed E-state index contributed by atoms with van der Waals surface area (Å²) in [5, 5.41) is 3.23. The van der Waals surface area contributed by atoms with Gasteiger partial charge >= 0.3 is 5.97 Å². The quantitative estimate of drug-likeness (QED) is 0.0799. The first-order chi connectivity index (χ1) is 21.0. The minimum absolute atomic E-state index is 0.0705. The third kappa shape index (κ3) is 8.66. The summed E-state index contributed by atoms with van der Waals surface area (Å²) < 4.78 is 11.0. The van der Waals surface area contributed by atoms with Crippen molar-refractivity contribution in [2.75, 3.05) is 30.5 Å². The molecule has 0 fully saturated rings. The summed E-state index contributed by atoms with van der Waals surface area (Å²) in [6.07, 6.45) is 4.29. The molecule has 0 unspecified atom stereocenters. The fourth-order valence-electron chi connectivity index (χ4n) is 4.65. The van der Waals surface area contributed by atoms with Gasteiger partial charge in [-0.05, 0) is 61.4 Å². The Morgan fingerprint density at radius 1 is 0.837 bits per heavy atom. The van der Waals surface area contributed by atoms with E-state index < -0.39 is 12.0 Å². The van der Waals surface area contributed by atoms with E-state index in [2.05, 4.69) is 5.32 Å². The van der Waals surface area contributed by atoms with Crippen LogP contribution in [0.5, 0.6) is 5.75 Å². The van der Waals surface area contributed by atoms with Crippen LogP contribution in [-0.2, 0) is 20.7 Å². The molecule has 43 heavy (non-hydrogen) atoms. The van der Waals surface area contributed by atoms with Gasteiger partial charge in [0, 0.05) is 35.5 Å². The van der Waals surface area contributed by atoms with Crippen molar-refractivity contribution in [1.29, 1.82) is 0 Å². The summed E-state index contributed by atoms with van der Waals surface area (Å²) in [4.78, 5) is 40.2. The normalized spacial score (nSPS) is 11.5. The molecule has 4 rings (SSSR count). The van der Waals surface area contributed by atoms with Crippen molar-refractivity contribution >= 4 is 29.0 Å². The standard InChI is InChI=1S/C36H36N2O5/c1-3-13-34(39)38(29-16-8-5-9-17-29)24-12-25-43-30-22-20-27(21-23-30)26-33(36(41)42-2)37-32-19-11-10-18-31(32)35(40)28-14-6-4-7-15-28/h3-11,13-23,33,37H,12,24-26H2,1-2H3/t33-/m0/s1. The minimum Gasteiger partial charge on any atom is -0.494 e. The summed E-state index contributed by atoms with van der Waals surface area (Å²) in [6.45, 7) is 2.78. The predicted molar refractivity (Wildman–Crippen MR) is 170 cm³/mol. The predicted octanol–water partition coefficient (Wildman–Crippen LogP) is 6.49. The molecule has 7 nitrogen and oxygen atoms in total. The lowest BCUT2D eigenvalue weighted by Gasteiger charge is -2.21.